The van der Waals surface area contributed by atoms with Crippen molar-refractivity contribution in [3.63, 3.8) is 0 Å². The molecule has 1 aliphatic heterocycles. The van der Waals surface area contributed by atoms with Gasteiger partial charge in [-0.2, -0.15) is 18.3 Å². The molecule has 1 aliphatic rings. The third-order valence-corrected chi connectivity index (χ3v) is 6.38. The highest BCUT2D eigenvalue weighted by atomic mass is 35.5. The van der Waals surface area contributed by atoms with Gasteiger partial charge in [0.05, 0.1) is 33.9 Å². The van der Waals surface area contributed by atoms with Gasteiger partial charge in [0.1, 0.15) is 12.4 Å². The standard InChI is InChI=1S/C23H22ClF3N6O2/c1-12(19-18(24)6-14(8-30-19)23(25,26)27)35-21-20-16(9-31-22(21)28)17(11-34-20)13-7-32-33(10-13)15-2-4-29-5-3-15/h6-12,15,29H,2-5H2,1H3,(H2,28,31). The Labute approximate surface area is 203 Å². The van der Waals surface area contributed by atoms with E-state index in [-0.39, 0.29) is 22.3 Å². The van der Waals surface area contributed by atoms with Gasteiger partial charge in [0.2, 0.25) is 5.75 Å². The van der Waals surface area contributed by atoms with E-state index in [4.69, 9.17) is 26.5 Å². The van der Waals surface area contributed by atoms with Crippen LogP contribution in [0.25, 0.3) is 22.1 Å². The lowest BCUT2D eigenvalue weighted by molar-refractivity contribution is -0.137. The monoisotopic (exact) mass is 506 g/mol. The Morgan fingerprint density at radius 3 is 2.71 bits per heavy atom. The van der Waals surface area contributed by atoms with Crippen LogP contribution in [0.3, 0.4) is 0 Å². The SMILES string of the molecule is CC(Oc1c(N)ncc2c(-c3cnn(C4CCNCC4)c3)coc12)c1ncc(C(F)(F)F)cc1Cl. The summed E-state index contributed by atoms with van der Waals surface area (Å²) in [6, 6.07) is 1.15. The summed E-state index contributed by atoms with van der Waals surface area (Å²) in [6.45, 7) is 3.51. The zero-order valence-electron chi connectivity index (χ0n) is 18.6. The zero-order chi connectivity index (χ0) is 24.7. The molecule has 3 N–H and O–H groups in total. The average Bonchev–Trinajstić information content (AvgIpc) is 3.48. The van der Waals surface area contributed by atoms with Crippen LogP contribution in [-0.2, 0) is 6.18 Å². The van der Waals surface area contributed by atoms with Gasteiger partial charge in [-0.25, -0.2) is 4.98 Å². The molecule has 0 spiro atoms. The first-order chi connectivity index (χ1) is 16.7. The van der Waals surface area contributed by atoms with E-state index in [2.05, 4.69) is 20.4 Å². The van der Waals surface area contributed by atoms with Crippen molar-refractivity contribution in [2.75, 3.05) is 18.8 Å². The molecule has 8 nitrogen and oxygen atoms in total. The molecule has 1 saturated heterocycles. The maximum atomic E-state index is 12.9. The van der Waals surface area contributed by atoms with Gasteiger partial charge in [-0.1, -0.05) is 11.6 Å². The predicted molar refractivity (Wildman–Crippen MR) is 124 cm³/mol. The van der Waals surface area contributed by atoms with Crippen LogP contribution in [0.1, 0.15) is 43.2 Å². The first kappa shape index (κ1) is 23.4. The van der Waals surface area contributed by atoms with Crippen molar-refractivity contribution in [3.05, 3.63) is 53.4 Å². The van der Waals surface area contributed by atoms with Gasteiger partial charge in [-0.05, 0) is 38.9 Å². The summed E-state index contributed by atoms with van der Waals surface area (Å²) in [6.07, 6.45) is 4.27. The number of hydrogen-bond acceptors (Lipinski definition) is 7. The third kappa shape index (κ3) is 4.53. The third-order valence-electron chi connectivity index (χ3n) is 6.07. The quantitative estimate of drug-likeness (QED) is 0.373. The fourth-order valence-electron chi connectivity index (χ4n) is 4.20. The van der Waals surface area contributed by atoms with E-state index in [0.717, 1.165) is 43.1 Å². The number of aromatic nitrogens is 4. The summed E-state index contributed by atoms with van der Waals surface area (Å²) in [5.74, 6) is 0.225. The van der Waals surface area contributed by atoms with Gasteiger partial charge < -0.3 is 20.2 Å². The Kier molecular flexibility index (Phi) is 6.06. The molecule has 4 aromatic rings. The van der Waals surface area contributed by atoms with E-state index < -0.39 is 17.8 Å². The largest absolute Gasteiger partial charge is 0.477 e. The lowest BCUT2D eigenvalue weighted by Gasteiger charge is -2.22. The van der Waals surface area contributed by atoms with Gasteiger partial charge in [0.15, 0.2) is 11.4 Å². The number of nitrogens with one attached hydrogen (secondary N) is 1. The molecule has 0 radical (unpaired) electrons. The number of rotatable bonds is 5. The van der Waals surface area contributed by atoms with Crippen molar-refractivity contribution in [3.8, 4) is 16.9 Å². The first-order valence-corrected chi connectivity index (χ1v) is 11.4. The molecule has 184 valence electrons. The van der Waals surface area contributed by atoms with Crippen LogP contribution in [0.5, 0.6) is 5.75 Å². The summed E-state index contributed by atoms with van der Waals surface area (Å²) in [5, 5.41) is 8.37. The number of furan rings is 1. The number of nitrogens with two attached hydrogens (primary N) is 1. The van der Waals surface area contributed by atoms with Crippen molar-refractivity contribution < 1.29 is 22.3 Å². The van der Waals surface area contributed by atoms with Crippen LogP contribution in [-0.4, -0.2) is 32.8 Å². The number of ether oxygens (including phenoxy) is 1. The van der Waals surface area contributed by atoms with E-state index in [1.54, 1.807) is 25.6 Å². The van der Waals surface area contributed by atoms with Crippen molar-refractivity contribution in [1.82, 2.24) is 25.1 Å². The van der Waals surface area contributed by atoms with Crippen LogP contribution in [0.4, 0.5) is 19.0 Å². The molecule has 1 unspecified atom stereocenters. The van der Waals surface area contributed by atoms with Gasteiger partial charge in [-0.15, -0.1) is 0 Å². The van der Waals surface area contributed by atoms with E-state index in [9.17, 15) is 13.2 Å². The number of pyridine rings is 2. The van der Waals surface area contributed by atoms with Crippen LogP contribution in [0.2, 0.25) is 5.02 Å². The Morgan fingerprint density at radius 1 is 1.23 bits per heavy atom. The minimum absolute atomic E-state index is 0.0682. The van der Waals surface area contributed by atoms with Crippen LogP contribution < -0.4 is 15.8 Å². The number of piperidine rings is 1. The predicted octanol–water partition coefficient (Wildman–Crippen LogP) is 5.41. The molecular formula is C23H22ClF3N6O2. The maximum absolute atomic E-state index is 12.9. The molecule has 5 rings (SSSR count). The van der Waals surface area contributed by atoms with Gasteiger partial charge in [0, 0.05) is 29.7 Å². The molecule has 5 heterocycles. The molecule has 0 aliphatic carbocycles. The fraction of sp³-hybridized carbons (Fsp3) is 0.348. The van der Waals surface area contributed by atoms with Crippen molar-refractivity contribution in [1.29, 1.82) is 0 Å². The number of nitrogens with zero attached hydrogens (tertiary/aromatic N) is 4. The Balaban J connectivity index is 1.44. The number of halogens is 4. The highest BCUT2D eigenvalue weighted by Gasteiger charge is 2.32. The Hall–Kier alpha value is -3.31. The molecule has 0 saturated carbocycles. The lowest BCUT2D eigenvalue weighted by Crippen LogP contribution is -2.29. The summed E-state index contributed by atoms with van der Waals surface area (Å²) in [7, 11) is 0. The number of nitrogen functional groups attached to an aromatic ring is 1. The second kappa shape index (κ2) is 9.04. The van der Waals surface area contributed by atoms with Crippen molar-refractivity contribution in [2.45, 2.75) is 38.1 Å². The molecule has 12 heteroatoms. The molecule has 4 aromatic heterocycles. The second-order valence-corrected chi connectivity index (χ2v) is 8.81. The van der Waals surface area contributed by atoms with E-state index in [1.165, 1.54) is 0 Å². The van der Waals surface area contributed by atoms with Gasteiger partial charge >= 0.3 is 6.18 Å². The van der Waals surface area contributed by atoms with E-state index in [0.29, 0.717) is 23.2 Å². The van der Waals surface area contributed by atoms with Gasteiger partial charge in [0.25, 0.3) is 0 Å². The molecule has 35 heavy (non-hydrogen) atoms. The number of hydrogen-bond donors (Lipinski definition) is 2. The summed E-state index contributed by atoms with van der Waals surface area (Å²) in [4.78, 5) is 8.10. The second-order valence-electron chi connectivity index (χ2n) is 8.40. The molecule has 0 aromatic carbocycles. The van der Waals surface area contributed by atoms with Crippen LogP contribution in [0.15, 0.2) is 41.5 Å². The summed E-state index contributed by atoms with van der Waals surface area (Å²) >= 11 is 6.08. The lowest BCUT2D eigenvalue weighted by atomic mass is 10.1. The number of anilines is 1. The summed E-state index contributed by atoms with van der Waals surface area (Å²) in [5.41, 5.74) is 7.24. The molecule has 1 fully saturated rings. The minimum Gasteiger partial charge on any atom is -0.477 e. The first-order valence-electron chi connectivity index (χ1n) is 11.0. The average molecular weight is 507 g/mol. The normalized spacial score (nSPS) is 16.0. The summed E-state index contributed by atoms with van der Waals surface area (Å²) < 4.78 is 52.6. The maximum Gasteiger partial charge on any atom is 0.417 e. The molecular weight excluding hydrogens is 485 g/mol. The van der Waals surface area contributed by atoms with Crippen LogP contribution >= 0.6 is 11.6 Å². The van der Waals surface area contributed by atoms with Crippen molar-refractivity contribution in [2.24, 2.45) is 0 Å². The number of alkyl halides is 3. The highest BCUT2D eigenvalue weighted by molar-refractivity contribution is 6.31. The molecule has 0 bridgehead atoms. The topological polar surface area (TPSA) is 104 Å². The number of fused-ring (bicyclic) bond motifs is 1. The van der Waals surface area contributed by atoms with E-state index in [1.807, 2.05) is 10.9 Å². The zero-order valence-corrected chi connectivity index (χ0v) is 19.4. The Morgan fingerprint density at radius 2 is 2.00 bits per heavy atom. The van der Waals surface area contributed by atoms with Gasteiger partial charge in [-0.3, -0.25) is 9.67 Å². The fourth-order valence-corrected chi connectivity index (χ4v) is 4.52. The highest BCUT2D eigenvalue weighted by Crippen LogP contribution is 2.40. The minimum atomic E-state index is -4.55. The Bertz CT molecular complexity index is 1360. The van der Waals surface area contributed by atoms with Crippen LogP contribution in [0, 0.1) is 0 Å². The smallest absolute Gasteiger partial charge is 0.417 e. The molecule has 0 amide bonds. The van der Waals surface area contributed by atoms with E-state index >= 15 is 0 Å². The van der Waals surface area contributed by atoms with Crippen molar-refractivity contribution >= 4 is 28.4 Å². The molecule has 1 atom stereocenters.